The molecule has 1 unspecified atom stereocenters. The summed E-state index contributed by atoms with van der Waals surface area (Å²) in [5.74, 6) is -2.66. The maximum Gasteiger partial charge on any atom is 0.195 e. The first-order chi connectivity index (χ1) is 18.4. The second kappa shape index (κ2) is 8.32. The summed E-state index contributed by atoms with van der Waals surface area (Å²) in [6.45, 7) is 0. The SMILES string of the molecule is O=C(c1cccs1)[C@@H]1[C@@H](c2ccccc2F)C2(C(=O)c3ccccc3C2=O)C2C=Cc3cc(Cl)ccc3N21. The van der Waals surface area contributed by atoms with Crippen LogP contribution in [-0.4, -0.2) is 29.4 Å². The zero-order valence-electron chi connectivity index (χ0n) is 19.8. The van der Waals surface area contributed by atoms with Gasteiger partial charge in [0.2, 0.25) is 0 Å². The van der Waals surface area contributed by atoms with E-state index in [9.17, 15) is 14.4 Å². The van der Waals surface area contributed by atoms with Crippen LogP contribution in [0, 0.1) is 11.2 Å². The summed E-state index contributed by atoms with van der Waals surface area (Å²) >= 11 is 7.58. The third-order valence-electron chi connectivity index (χ3n) is 8.04. The highest BCUT2D eigenvalue weighted by atomic mass is 35.5. The minimum Gasteiger partial charge on any atom is -0.352 e. The molecule has 38 heavy (non-hydrogen) atoms. The van der Waals surface area contributed by atoms with Crippen molar-refractivity contribution in [2.45, 2.75) is 18.0 Å². The van der Waals surface area contributed by atoms with Crippen molar-refractivity contribution in [1.82, 2.24) is 0 Å². The monoisotopic (exact) mass is 539 g/mol. The van der Waals surface area contributed by atoms with Crippen molar-refractivity contribution in [2.75, 3.05) is 4.90 Å². The van der Waals surface area contributed by atoms with E-state index in [1.165, 1.54) is 17.4 Å². The molecule has 1 aliphatic carbocycles. The van der Waals surface area contributed by atoms with Gasteiger partial charge in [-0.3, -0.25) is 14.4 Å². The number of rotatable bonds is 3. The van der Waals surface area contributed by atoms with Gasteiger partial charge in [-0.2, -0.15) is 0 Å². The lowest BCUT2D eigenvalue weighted by Crippen LogP contribution is -2.48. The number of fused-ring (bicyclic) bond motifs is 5. The van der Waals surface area contributed by atoms with Crippen molar-refractivity contribution in [3.63, 3.8) is 0 Å². The Labute approximate surface area is 227 Å². The fourth-order valence-corrected chi connectivity index (χ4v) is 7.46. The molecule has 1 saturated heterocycles. The zero-order valence-corrected chi connectivity index (χ0v) is 21.4. The van der Waals surface area contributed by atoms with E-state index < -0.39 is 29.2 Å². The predicted octanol–water partition coefficient (Wildman–Crippen LogP) is 6.86. The molecule has 3 aromatic carbocycles. The van der Waals surface area contributed by atoms with Crippen molar-refractivity contribution >= 4 is 52.1 Å². The van der Waals surface area contributed by atoms with E-state index in [1.54, 1.807) is 84.3 Å². The molecule has 4 nitrogen and oxygen atoms in total. The smallest absolute Gasteiger partial charge is 0.195 e. The number of halogens is 2. The van der Waals surface area contributed by atoms with Gasteiger partial charge in [0.1, 0.15) is 17.3 Å². The Balaban J connectivity index is 1.57. The molecule has 0 amide bonds. The number of hydrogen-bond acceptors (Lipinski definition) is 5. The van der Waals surface area contributed by atoms with Crippen LogP contribution >= 0.6 is 22.9 Å². The fourth-order valence-electron chi connectivity index (χ4n) is 6.58. The van der Waals surface area contributed by atoms with Gasteiger partial charge in [-0.15, -0.1) is 11.3 Å². The van der Waals surface area contributed by atoms with Crippen LogP contribution in [0.4, 0.5) is 10.1 Å². The summed E-state index contributed by atoms with van der Waals surface area (Å²) < 4.78 is 15.7. The molecule has 0 N–H and O–H groups in total. The normalized spacial score (nSPS) is 22.5. The molecule has 0 bridgehead atoms. The van der Waals surface area contributed by atoms with Gasteiger partial charge in [0.05, 0.1) is 10.9 Å². The van der Waals surface area contributed by atoms with Gasteiger partial charge in [-0.1, -0.05) is 72.3 Å². The molecule has 1 aromatic heterocycles. The van der Waals surface area contributed by atoms with Crippen LogP contribution in [0.3, 0.4) is 0 Å². The summed E-state index contributed by atoms with van der Waals surface area (Å²) in [5.41, 5.74) is 0.494. The molecule has 3 aliphatic rings. The molecular formula is C31H19ClFNO3S. The average molecular weight is 540 g/mol. The van der Waals surface area contributed by atoms with E-state index >= 15 is 4.39 Å². The molecule has 0 radical (unpaired) electrons. The van der Waals surface area contributed by atoms with E-state index in [1.807, 2.05) is 11.0 Å². The van der Waals surface area contributed by atoms with Crippen LogP contribution in [-0.2, 0) is 0 Å². The first-order valence-corrected chi connectivity index (χ1v) is 13.5. The van der Waals surface area contributed by atoms with Crippen molar-refractivity contribution in [2.24, 2.45) is 5.41 Å². The number of hydrogen-bond donors (Lipinski definition) is 0. The second-order valence-corrected chi connectivity index (χ2v) is 11.2. The Hall–Kier alpha value is -3.87. The first kappa shape index (κ1) is 23.3. The molecule has 7 heteroatoms. The number of carbonyl (C=O) groups excluding carboxylic acids is 3. The molecule has 3 heterocycles. The summed E-state index contributed by atoms with van der Waals surface area (Å²) in [6.07, 6.45) is 3.64. The highest BCUT2D eigenvalue weighted by Gasteiger charge is 2.71. The van der Waals surface area contributed by atoms with Gasteiger partial charge in [-0.05, 0) is 46.8 Å². The Kier molecular flexibility index (Phi) is 5.09. The van der Waals surface area contributed by atoms with Crippen LogP contribution in [0.2, 0.25) is 5.02 Å². The summed E-state index contributed by atoms with van der Waals surface area (Å²) in [5, 5.41) is 2.33. The summed E-state index contributed by atoms with van der Waals surface area (Å²) in [4.78, 5) is 45.6. The highest BCUT2D eigenvalue weighted by molar-refractivity contribution is 7.12. The Morgan fingerprint density at radius 1 is 0.921 bits per heavy atom. The number of benzene rings is 3. The quantitative estimate of drug-likeness (QED) is 0.211. The number of thiophene rings is 1. The largest absolute Gasteiger partial charge is 0.352 e. The van der Waals surface area contributed by atoms with Crippen LogP contribution in [0.25, 0.3) is 6.08 Å². The minimum absolute atomic E-state index is 0.176. The second-order valence-electron chi connectivity index (χ2n) is 9.77. The standard InChI is InChI=1S/C31H19ClFNO3S/c32-18-12-13-23-17(16-18)11-14-25-31(29(36)19-6-1-2-7-20(19)30(31)37)26(21-8-3-4-9-22(21)33)27(34(23)25)28(35)24-10-5-15-38-24/h1-16,25-27H/t25?,26-,27+/m1/s1. The lowest BCUT2D eigenvalue weighted by Gasteiger charge is -2.37. The van der Waals surface area contributed by atoms with Crippen molar-refractivity contribution < 1.29 is 18.8 Å². The Morgan fingerprint density at radius 3 is 2.32 bits per heavy atom. The van der Waals surface area contributed by atoms with Gasteiger partial charge >= 0.3 is 0 Å². The van der Waals surface area contributed by atoms with E-state index in [2.05, 4.69) is 0 Å². The molecule has 7 rings (SSSR count). The van der Waals surface area contributed by atoms with Crippen molar-refractivity contribution in [3.8, 4) is 0 Å². The van der Waals surface area contributed by atoms with Gasteiger partial charge in [-0.25, -0.2) is 4.39 Å². The van der Waals surface area contributed by atoms with Gasteiger partial charge in [0.25, 0.3) is 0 Å². The van der Waals surface area contributed by atoms with Crippen molar-refractivity contribution in [1.29, 1.82) is 0 Å². The number of nitrogens with zero attached hydrogens (tertiary/aromatic N) is 1. The van der Waals surface area contributed by atoms with Gasteiger partial charge in [0, 0.05) is 27.8 Å². The first-order valence-electron chi connectivity index (χ1n) is 12.2. The van der Waals surface area contributed by atoms with E-state index in [-0.39, 0.29) is 22.9 Å². The van der Waals surface area contributed by atoms with E-state index in [0.29, 0.717) is 26.7 Å². The Bertz CT molecular complexity index is 1660. The molecule has 0 saturated carbocycles. The number of anilines is 1. The molecular weight excluding hydrogens is 521 g/mol. The van der Waals surface area contributed by atoms with Gasteiger partial charge < -0.3 is 4.90 Å². The third kappa shape index (κ3) is 2.93. The minimum atomic E-state index is -1.72. The van der Waals surface area contributed by atoms with Crippen molar-refractivity contribution in [3.05, 3.63) is 128 Å². The highest BCUT2D eigenvalue weighted by Crippen LogP contribution is 2.61. The molecule has 186 valence electrons. The summed E-state index contributed by atoms with van der Waals surface area (Å²) in [6, 6.07) is 19.9. The van der Waals surface area contributed by atoms with Crippen LogP contribution in [0.5, 0.6) is 0 Å². The van der Waals surface area contributed by atoms with E-state index in [4.69, 9.17) is 11.6 Å². The average Bonchev–Trinajstić information content (AvgIpc) is 3.62. The fraction of sp³-hybridized carbons (Fsp3) is 0.129. The number of ketones is 3. The lowest BCUT2D eigenvalue weighted by molar-refractivity contribution is 0.0664. The van der Waals surface area contributed by atoms with E-state index in [0.717, 1.165) is 5.56 Å². The topological polar surface area (TPSA) is 54.5 Å². The number of carbonyl (C=O) groups is 3. The maximum atomic E-state index is 15.7. The van der Waals surface area contributed by atoms with Gasteiger partial charge in [0.15, 0.2) is 17.3 Å². The van der Waals surface area contributed by atoms with Crippen LogP contribution in [0.15, 0.2) is 90.3 Å². The third-order valence-corrected chi connectivity index (χ3v) is 9.16. The predicted molar refractivity (Wildman–Crippen MR) is 146 cm³/mol. The zero-order chi connectivity index (χ0) is 26.2. The molecule has 2 aliphatic heterocycles. The molecule has 4 aromatic rings. The molecule has 1 fully saturated rings. The Morgan fingerprint density at radius 2 is 1.63 bits per heavy atom. The lowest BCUT2D eigenvalue weighted by atomic mass is 9.64. The maximum absolute atomic E-state index is 15.7. The summed E-state index contributed by atoms with van der Waals surface area (Å²) in [7, 11) is 0. The number of Topliss-reactive ketones (excluding diaryl/α,β-unsaturated/α-hetero) is 3. The molecule has 3 atom stereocenters. The van der Waals surface area contributed by atoms with Crippen LogP contribution in [0.1, 0.15) is 47.4 Å². The van der Waals surface area contributed by atoms with Crippen LogP contribution < -0.4 is 4.90 Å². The molecule has 1 spiro atoms.